The van der Waals surface area contributed by atoms with E-state index in [1.807, 2.05) is 32.2 Å². The summed E-state index contributed by atoms with van der Waals surface area (Å²) in [7, 11) is 3.51. The molecule has 0 aliphatic carbocycles. The van der Waals surface area contributed by atoms with E-state index in [2.05, 4.69) is 12.1 Å². The van der Waals surface area contributed by atoms with Crippen LogP contribution in [-0.2, 0) is 16.0 Å². The highest BCUT2D eigenvalue weighted by molar-refractivity contribution is 5.75. The Hall–Kier alpha value is -1.35. The van der Waals surface area contributed by atoms with Gasteiger partial charge in [-0.15, -0.1) is 0 Å². The third-order valence-electron chi connectivity index (χ3n) is 2.92. The minimum atomic E-state index is 0.106. The second kappa shape index (κ2) is 7.07. The molecule has 1 amide bonds. The molecule has 0 spiro atoms. The zero-order chi connectivity index (χ0) is 12.7. The number of methoxy groups -OCH3 is 1. The molecule has 0 N–H and O–H groups in total. The molecule has 1 rings (SSSR count). The summed E-state index contributed by atoms with van der Waals surface area (Å²) in [6, 6.07) is 10.3. The van der Waals surface area contributed by atoms with Crippen LogP contribution in [0.4, 0.5) is 0 Å². The van der Waals surface area contributed by atoms with E-state index in [1.54, 1.807) is 12.0 Å². The van der Waals surface area contributed by atoms with Gasteiger partial charge in [-0.2, -0.15) is 0 Å². The van der Waals surface area contributed by atoms with Gasteiger partial charge in [-0.05, 0) is 12.0 Å². The number of nitrogens with zero attached hydrogens (tertiary/aromatic N) is 1. The Morgan fingerprint density at radius 3 is 2.53 bits per heavy atom. The summed E-state index contributed by atoms with van der Waals surface area (Å²) in [5.41, 5.74) is 1.23. The maximum Gasteiger partial charge on any atom is 0.222 e. The Labute approximate surface area is 103 Å². The average Bonchev–Trinajstić information content (AvgIpc) is 2.37. The first-order chi connectivity index (χ1) is 8.19. The lowest BCUT2D eigenvalue weighted by Crippen LogP contribution is -2.41. The van der Waals surface area contributed by atoms with Gasteiger partial charge < -0.3 is 9.64 Å². The van der Waals surface area contributed by atoms with E-state index in [1.165, 1.54) is 5.56 Å². The van der Waals surface area contributed by atoms with Gasteiger partial charge in [0.15, 0.2) is 0 Å². The van der Waals surface area contributed by atoms with Crippen LogP contribution in [0.25, 0.3) is 0 Å². The number of carbonyl (C=O) groups excluding carboxylic acids is 1. The van der Waals surface area contributed by atoms with Crippen molar-refractivity contribution in [2.24, 2.45) is 0 Å². The Bertz CT molecular complexity index is 337. The molecule has 0 unspecified atom stereocenters. The molecular weight excluding hydrogens is 214 g/mol. The lowest BCUT2D eigenvalue weighted by molar-refractivity contribution is -0.132. The zero-order valence-corrected chi connectivity index (χ0v) is 10.8. The number of hydrogen-bond donors (Lipinski definition) is 0. The summed E-state index contributed by atoms with van der Waals surface area (Å²) in [5.74, 6) is 0.156. The smallest absolute Gasteiger partial charge is 0.222 e. The minimum Gasteiger partial charge on any atom is -0.383 e. The van der Waals surface area contributed by atoms with Crippen LogP contribution < -0.4 is 0 Å². The molecule has 0 aromatic heterocycles. The lowest BCUT2D eigenvalue weighted by Gasteiger charge is -2.27. The van der Waals surface area contributed by atoms with Gasteiger partial charge >= 0.3 is 0 Å². The quantitative estimate of drug-likeness (QED) is 0.756. The van der Waals surface area contributed by atoms with Crippen LogP contribution in [0.3, 0.4) is 0 Å². The van der Waals surface area contributed by atoms with Crippen LogP contribution in [0, 0.1) is 0 Å². The second-order valence-corrected chi connectivity index (χ2v) is 4.16. The summed E-state index contributed by atoms with van der Waals surface area (Å²) >= 11 is 0. The topological polar surface area (TPSA) is 29.5 Å². The number of likely N-dealkylation sites (N-methyl/N-ethyl adjacent to an activating group) is 1. The van der Waals surface area contributed by atoms with Gasteiger partial charge in [0.25, 0.3) is 0 Å². The van der Waals surface area contributed by atoms with Crippen LogP contribution >= 0.6 is 0 Å². The van der Waals surface area contributed by atoms with E-state index in [0.29, 0.717) is 13.0 Å². The Kier molecular flexibility index (Phi) is 5.70. The first-order valence-corrected chi connectivity index (χ1v) is 5.97. The molecule has 0 fully saturated rings. The molecule has 1 atom stereocenters. The third kappa shape index (κ3) is 4.19. The molecule has 1 aromatic carbocycles. The summed E-state index contributed by atoms with van der Waals surface area (Å²) in [6.07, 6.45) is 1.36. The lowest BCUT2D eigenvalue weighted by atomic mass is 10.1. The predicted octanol–water partition coefficient (Wildman–Crippen LogP) is 2.11. The van der Waals surface area contributed by atoms with Crippen molar-refractivity contribution in [3.05, 3.63) is 35.9 Å². The van der Waals surface area contributed by atoms with Crippen LogP contribution in [-0.4, -0.2) is 37.6 Å². The first kappa shape index (κ1) is 13.7. The number of amides is 1. The van der Waals surface area contributed by atoms with Crippen molar-refractivity contribution in [3.63, 3.8) is 0 Å². The molecule has 0 saturated carbocycles. The highest BCUT2D eigenvalue weighted by Gasteiger charge is 2.18. The van der Waals surface area contributed by atoms with Crippen molar-refractivity contribution in [2.75, 3.05) is 20.8 Å². The number of ether oxygens (including phenoxy) is 1. The summed E-state index contributed by atoms with van der Waals surface area (Å²) in [4.78, 5) is 13.5. The van der Waals surface area contributed by atoms with Crippen molar-refractivity contribution in [2.45, 2.75) is 25.8 Å². The van der Waals surface area contributed by atoms with Crippen molar-refractivity contribution >= 4 is 5.91 Å². The van der Waals surface area contributed by atoms with Crippen molar-refractivity contribution in [3.8, 4) is 0 Å². The summed E-state index contributed by atoms with van der Waals surface area (Å²) in [6.45, 7) is 2.45. The molecule has 0 bridgehead atoms. The van der Waals surface area contributed by atoms with Gasteiger partial charge in [-0.25, -0.2) is 0 Å². The predicted molar refractivity (Wildman–Crippen MR) is 68.9 cm³/mol. The van der Waals surface area contributed by atoms with Crippen molar-refractivity contribution in [1.29, 1.82) is 0 Å². The van der Waals surface area contributed by atoms with E-state index in [0.717, 1.165) is 6.42 Å². The van der Waals surface area contributed by atoms with Gasteiger partial charge in [0.1, 0.15) is 0 Å². The average molecular weight is 235 g/mol. The SMILES string of the molecule is CCC(=O)N(C)[C@@H](COC)Cc1ccccc1. The van der Waals surface area contributed by atoms with E-state index in [4.69, 9.17) is 4.74 Å². The minimum absolute atomic E-state index is 0.106. The highest BCUT2D eigenvalue weighted by atomic mass is 16.5. The molecule has 3 heteroatoms. The van der Waals surface area contributed by atoms with Crippen LogP contribution in [0.5, 0.6) is 0 Å². The highest BCUT2D eigenvalue weighted by Crippen LogP contribution is 2.09. The van der Waals surface area contributed by atoms with E-state index < -0.39 is 0 Å². The molecule has 0 aliphatic rings. The number of benzene rings is 1. The fourth-order valence-corrected chi connectivity index (χ4v) is 1.84. The Balaban J connectivity index is 2.69. The van der Waals surface area contributed by atoms with E-state index >= 15 is 0 Å². The van der Waals surface area contributed by atoms with Crippen molar-refractivity contribution < 1.29 is 9.53 Å². The van der Waals surface area contributed by atoms with Crippen molar-refractivity contribution in [1.82, 2.24) is 4.90 Å². The Morgan fingerprint density at radius 2 is 2.00 bits per heavy atom. The first-order valence-electron chi connectivity index (χ1n) is 5.97. The molecule has 17 heavy (non-hydrogen) atoms. The van der Waals surface area contributed by atoms with E-state index in [9.17, 15) is 4.79 Å². The molecule has 1 aromatic rings. The summed E-state index contributed by atoms with van der Waals surface area (Å²) < 4.78 is 5.20. The molecule has 3 nitrogen and oxygen atoms in total. The monoisotopic (exact) mass is 235 g/mol. The maximum absolute atomic E-state index is 11.7. The van der Waals surface area contributed by atoms with Gasteiger partial charge in [0, 0.05) is 20.6 Å². The zero-order valence-electron chi connectivity index (χ0n) is 10.8. The van der Waals surface area contributed by atoms with Gasteiger partial charge in [-0.1, -0.05) is 37.3 Å². The van der Waals surface area contributed by atoms with Crippen LogP contribution in [0.1, 0.15) is 18.9 Å². The normalized spacial score (nSPS) is 12.2. The maximum atomic E-state index is 11.7. The van der Waals surface area contributed by atoms with Gasteiger partial charge in [-0.3, -0.25) is 4.79 Å². The number of hydrogen-bond acceptors (Lipinski definition) is 2. The molecule has 94 valence electrons. The standard InChI is InChI=1S/C14H21NO2/c1-4-14(16)15(2)13(11-17-3)10-12-8-6-5-7-9-12/h5-9,13H,4,10-11H2,1-3H3/t13-/m1/s1. The fourth-order valence-electron chi connectivity index (χ4n) is 1.84. The number of carbonyl (C=O) groups is 1. The number of rotatable bonds is 6. The van der Waals surface area contributed by atoms with Gasteiger partial charge in [0.2, 0.25) is 5.91 Å². The largest absolute Gasteiger partial charge is 0.383 e. The third-order valence-corrected chi connectivity index (χ3v) is 2.92. The summed E-state index contributed by atoms with van der Waals surface area (Å²) in [5, 5.41) is 0. The molecule has 0 heterocycles. The van der Waals surface area contributed by atoms with E-state index in [-0.39, 0.29) is 11.9 Å². The molecular formula is C14H21NO2. The molecule has 0 radical (unpaired) electrons. The molecule has 0 aliphatic heterocycles. The molecule has 0 saturated heterocycles. The van der Waals surface area contributed by atoms with Crippen LogP contribution in [0.2, 0.25) is 0 Å². The van der Waals surface area contributed by atoms with Gasteiger partial charge in [0.05, 0.1) is 12.6 Å². The van der Waals surface area contributed by atoms with Crippen LogP contribution in [0.15, 0.2) is 30.3 Å². The second-order valence-electron chi connectivity index (χ2n) is 4.16. The fraction of sp³-hybridized carbons (Fsp3) is 0.500. The Morgan fingerprint density at radius 1 is 1.35 bits per heavy atom.